The van der Waals surface area contributed by atoms with Gasteiger partial charge in [-0.2, -0.15) is 5.26 Å². The van der Waals surface area contributed by atoms with Gasteiger partial charge >= 0.3 is 11.0 Å². The highest BCUT2D eigenvalue weighted by Gasteiger charge is 2.13. The van der Waals surface area contributed by atoms with E-state index >= 15 is 0 Å². The molecule has 0 radical (unpaired) electrons. The SMILES string of the molecule is CCOC(=O)C(C#N)=Cc1csc([N+](=O)[O-])c1. The van der Waals surface area contributed by atoms with Gasteiger partial charge in [-0.25, -0.2) is 4.79 Å². The first kappa shape index (κ1) is 12.9. The van der Waals surface area contributed by atoms with Gasteiger partial charge in [0, 0.05) is 11.4 Å². The first-order valence-corrected chi connectivity index (χ1v) is 5.48. The molecule has 6 nitrogen and oxygen atoms in total. The van der Waals surface area contributed by atoms with Crippen molar-refractivity contribution in [2.75, 3.05) is 6.61 Å². The second kappa shape index (κ2) is 5.77. The van der Waals surface area contributed by atoms with E-state index in [2.05, 4.69) is 4.74 Å². The summed E-state index contributed by atoms with van der Waals surface area (Å²) in [5.41, 5.74) is 0.255. The number of rotatable bonds is 4. The van der Waals surface area contributed by atoms with Crippen molar-refractivity contribution < 1.29 is 14.5 Å². The molecule has 17 heavy (non-hydrogen) atoms. The van der Waals surface area contributed by atoms with Crippen molar-refractivity contribution >= 4 is 28.4 Å². The molecule has 0 aromatic carbocycles. The molecule has 88 valence electrons. The minimum atomic E-state index is -0.733. The number of hydrogen-bond donors (Lipinski definition) is 0. The Morgan fingerprint density at radius 1 is 1.76 bits per heavy atom. The topological polar surface area (TPSA) is 93.2 Å². The lowest BCUT2D eigenvalue weighted by Crippen LogP contribution is -2.05. The van der Waals surface area contributed by atoms with Gasteiger partial charge in [-0.3, -0.25) is 10.1 Å². The number of thiophene rings is 1. The fourth-order valence-corrected chi connectivity index (χ4v) is 1.71. The predicted molar refractivity (Wildman–Crippen MR) is 61.2 cm³/mol. The Balaban J connectivity index is 2.95. The van der Waals surface area contributed by atoms with E-state index in [1.54, 1.807) is 13.0 Å². The van der Waals surface area contributed by atoms with Crippen LogP contribution in [0.2, 0.25) is 0 Å². The van der Waals surface area contributed by atoms with E-state index in [9.17, 15) is 14.9 Å². The molecule has 0 aliphatic heterocycles. The van der Waals surface area contributed by atoms with Gasteiger partial charge in [0.2, 0.25) is 0 Å². The number of carbonyl (C=O) groups is 1. The fourth-order valence-electron chi connectivity index (χ4n) is 1.02. The number of nitro groups is 1. The molecular formula is C10H8N2O4S. The average molecular weight is 252 g/mol. The lowest BCUT2D eigenvalue weighted by molar-refractivity contribution is -0.380. The minimum Gasteiger partial charge on any atom is -0.462 e. The third-order valence-electron chi connectivity index (χ3n) is 1.71. The molecule has 7 heteroatoms. The van der Waals surface area contributed by atoms with Crippen molar-refractivity contribution in [3.8, 4) is 6.07 Å². The molecule has 0 atom stereocenters. The van der Waals surface area contributed by atoms with Crippen LogP contribution in [0.1, 0.15) is 12.5 Å². The lowest BCUT2D eigenvalue weighted by Gasteiger charge is -1.97. The maximum Gasteiger partial charge on any atom is 0.348 e. The monoisotopic (exact) mass is 252 g/mol. The highest BCUT2D eigenvalue weighted by Crippen LogP contribution is 2.24. The van der Waals surface area contributed by atoms with Gasteiger partial charge in [-0.05, 0) is 18.6 Å². The Morgan fingerprint density at radius 2 is 2.47 bits per heavy atom. The van der Waals surface area contributed by atoms with Crippen LogP contribution in [-0.4, -0.2) is 17.5 Å². The third-order valence-corrected chi connectivity index (χ3v) is 2.61. The molecule has 0 fully saturated rings. The third kappa shape index (κ3) is 3.39. The van der Waals surface area contributed by atoms with Gasteiger partial charge in [0.05, 0.1) is 11.5 Å². The van der Waals surface area contributed by atoms with Gasteiger partial charge in [0.25, 0.3) is 0 Å². The molecule has 0 amide bonds. The molecule has 0 aliphatic carbocycles. The standard InChI is InChI=1S/C10H8N2O4S/c1-2-16-10(13)8(5-11)3-7-4-9(12(14)15)17-6-7/h3-4,6H,2H2,1H3. The van der Waals surface area contributed by atoms with Crippen molar-refractivity contribution in [2.45, 2.75) is 6.92 Å². The molecule has 0 saturated heterocycles. The van der Waals surface area contributed by atoms with Gasteiger partial charge in [0.15, 0.2) is 0 Å². The summed E-state index contributed by atoms with van der Waals surface area (Å²) >= 11 is 0.930. The Labute approximate surface area is 101 Å². The maximum atomic E-state index is 11.3. The number of ether oxygens (including phenoxy) is 1. The fraction of sp³-hybridized carbons (Fsp3) is 0.200. The van der Waals surface area contributed by atoms with Gasteiger partial charge < -0.3 is 4.74 Å². The summed E-state index contributed by atoms with van der Waals surface area (Å²) in [5, 5.41) is 20.6. The molecule has 1 aromatic rings. The molecule has 1 heterocycles. The summed E-state index contributed by atoms with van der Waals surface area (Å²) in [6.45, 7) is 1.80. The van der Waals surface area contributed by atoms with Gasteiger partial charge in [-0.1, -0.05) is 11.3 Å². The average Bonchev–Trinajstić information content (AvgIpc) is 2.74. The van der Waals surface area contributed by atoms with Crippen LogP contribution in [0.3, 0.4) is 0 Å². The second-order valence-electron chi connectivity index (χ2n) is 2.87. The number of hydrogen-bond acceptors (Lipinski definition) is 6. The summed E-state index contributed by atoms with van der Waals surface area (Å²) in [6.07, 6.45) is 1.27. The van der Waals surface area contributed by atoms with Crippen molar-refractivity contribution in [3.63, 3.8) is 0 Å². The molecular weight excluding hydrogens is 244 g/mol. The minimum absolute atomic E-state index is 0.0441. The largest absolute Gasteiger partial charge is 0.462 e. The Bertz CT molecular complexity index is 513. The van der Waals surface area contributed by atoms with Crippen molar-refractivity contribution in [3.05, 3.63) is 32.7 Å². The van der Waals surface area contributed by atoms with Crippen LogP contribution in [0.4, 0.5) is 5.00 Å². The summed E-state index contributed by atoms with van der Waals surface area (Å²) < 4.78 is 4.66. The maximum absolute atomic E-state index is 11.3. The van der Waals surface area contributed by atoms with Crippen LogP contribution in [0.15, 0.2) is 17.0 Å². The summed E-state index contributed by atoms with van der Waals surface area (Å²) in [4.78, 5) is 21.2. The Hall–Kier alpha value is -2.20. The predicted octanol–water partition coefficient (Wildman–Crippen LogP) is 2.13. The zero-order chi connectivity index (χ0) is 12.8. The zero-order valence-corrected chi connectivity index (χ0v) is 9.69. The van der Waals surface area contributed by atoms with Gasteiger partial charge in [0.1, 0.15) is 11.6 Å². The molecule has 0 spiro atoms. The zero-order valence-electron chi connectivity index (χ0n) is 8.87. The Kier molecular flexibility index (Phi) is 4.37. The lowest BCUT2D eigenvalue weighted by atomic mass is 10.2. The number of nitrogens with zero attached hydrogens (tertiary/aromatic N) is 2. The second-order valence-corrected chi connectivity index (χ2v) is 3.76. The summed E-state index contributed by atoms with van der Waals surface area (Å²) in [5.74, 6) is -0.733. The van der Waals surface area contributed by atoms with E-state index in [0.717, 1.165) is 11.3 Å². The molecule has 0 saturated carbocycles. The Morgan fingerprint density at radius 3 is 2.94 bits per heavy atom. The van der Waals surface area contributed by atoms with Crippen LogP contribution in [0, 0.1) is 21.4 Å². The first-order valence-electron chi connectivity index (χ1n) is 4.60. The van der Waals surface area contributed by atoms with E-state index in [1.807, 2.05) is 0 Å². The molecule has 0 N–H and O–H groups in total. The number of carbonyl (C=O) groups excluding carboxylic acids is 1. The van der Waals surface area contributed by atoms with Crippen molar-refractivity contribution in [1.82, 2.24) is 0 Å². The first-order chi connectivity index (χ1) is 8.08. The highest BCUT2D eigenvalue weighted by molar-refractivity contribution is 7.13. The smallest absolute Gasteiger partial charge is 0.348 e. The number of nitriles is 1. The highest BCUT2D eigenvalue weighted by atomic mass is 32.1. The molecule has 0 aliphatic rings. The van der Waals surface area contributed by atoms with E-state index in [0.29, 0.717) is 5.56 Å². The normalized spacial score (nSPS) is 10.7. The quantitative estimate of drug-likeness (QED) is 0.269. The number of esters is 1. The molecule has 0 unspecified atom stereocenters. The summed E-state index contributed by atoms with van der Waals surface area (Å²) in [6, 6.07) is 2.99. The van der Waals surface area contributed by atoms with Crippen LogP contribution < -0.4 is 0 Å². The van der Waals surface area contributed by atoms with E-state index in [4.69, 9.17) is 5.26 Å². The van der Waals surface area contributed by atoms with E-state index < -0.39 is 10.9 Å². The van der Waals surface area contributed by atoms with Crippen LogP contribution in [0.25, 0.3) is 6.08 Å². The van der Waals surface area contributed by atoms with Crippen LogP contribution in [-0.2, 0) is 9.53 Å². The van der Waals surface area contributed by atoms with E-state index in [-0.39, 0.29) is 17.2 Å². The van der Waals surface area contributed by atoms with E-state index in [1.165, 1.54) is 17.5 Å². The van der Waals surface area contributed by atoms with Crippen molar-refractivity contribution in [1.29, 1.82) is 5.26 Å². The molecule has 1 rings (SSSR count). The summed E-state index contributed by atoms with van der Waals surface area (Å²) in [7, 11) is 0. The van der Waals surface area contributed by atoms with Gasteiger partial charge in [-0.15, -0.1) is 0 Å². The van der Waals surface area contributed by atoms with Crippen LogP contribution in [0.5, 0.6) is 0 Å². The molecule has 0 bridgehead atoms. The van der Waals surface area contributed by atoms with Crippen molar-refractivity contribution in [2.24, 2.45) is 0 Å². The molecule has 1 aromatic heterocycles. The van der Waals surface area contributed by atoms with Crippen LogP contribution >= 0.6 is 11.3 Å².